The van der Waals surface area contributed by atoms with Gasteiger partial charge in [0, 0.05) is 53.5 Å². The van der Waals surface area contributed by atoms with E-state index < -0.39 is 5.60 Å². The number of fused-ring (bicyclic) bond motifs is 2. The fourth-order valence-electron chi connectivity index (χ4n) is 6.89. The number of carbonyl (C=O) groups is 1. The van der Waals surface area contributed by atoms with Crippen molar-refractivity contribution in [3.8, 4) is 11.3 Å². The fourth-order valence-corrected chi connectivity index (χ4v) is 6.89. The van der Waals surface area contributed by atoms with Gasteiger partial charge in [-0.1, -0.05) is 80.8 Å². The van der Waals surface area contributed by atoms with E-state index >= 15 is 0 Å². The fraction of sp³-hybridized carbons (Fsp3) is 0.316. The zero-order valence-electron chi connectivity index (χ0n) is 25.8. The molecule has 1 atom stereocenters. The Kier molecular flexibility index (Phi) is 8.07. The van der Waals surface area contributed by atoms with Gasteiger partial charge in [0.15, 0.2) is 0 Å². The summed E-state index contributed by atoms with van der Waals surface area (Å²) in [6.07, 6.45) is 6.42. The van der Waals surface area contributed by atoms with E-state index in [1.807, 2.05) is 12.1 Å². The van der Waals surface area contributed by atoms with Crippen LogP contribution < -0.4 is 4.90 Å². The number of aryl methyl sites for hydroxylation is 2. The second kappa shape index (κ2) is 12.1. The van der Waals surface area contributed by atoms with Gasteiger partial charge in [0.2, 0.25) is 5.60 Å². The summed E-state index contributed by atoms with van der Waals surface area (Å²) in [5.74, 6) is -0.339. The van der Waals surface area contributed by atoms with Crippen molar-refractivity contribution < 1.29 is 9.53 Å². The van der Waals surface area contributed by atoms with Crippen LogP contribution in [-0.2, 0) is 16.9 Å². The van der Waals surface area contributed by atoms with Crippen LogP contribution in [0.5, 0.6) is 0 Å². The van der Waals surface area contributed by atoms with Crippen LogP contribution in [-0.4, -0.2) is 28.6 Å². The molecule has 220 valence electrons. The summed E-state index contributed by atoms with van der Waals surface area (Å²) in [5, 5.41) is 1.08. The van der Waals surface area contributed by atoms with E-state index in [0.717, 1.165) is 70.6 Å². The summed E-state index contributed by atoms with van der Waals surface area (Å²) in [6, 6.07) is 29.3. The minimum atomic E-state index is -1.21. The molecule has 0 spiro atoms. The number of hydrogen-bond acceptors (Lipinski definition) is 4. The second-order valence-corrected chi connectivity index (χ2v) is 11.5. The number of aromatic nitrogens is 2. The number of carbonyl (C=O) groups excluding carboxylic acids is 1. The molecule has 5 aromatic rings. The number of nitrogens with zero attached hydrogens (tertiary/aromatic N) is 3. The Morgan fingerprint density at radius 3 is 2.37 bits per heavy atom. The van der Waals surface area contributed by atoms with Crippen molar-refractivity contribution >= 4 is 22.6 Å². The van der Waals surface area contributed by atoms with Crippen LogP contribution in [0, 0.1) is 6.92 Å². The van der Waals surface area contributed by atoms with Crippen LogP contribution >= 0.6 is 0 Å². The lowest BCUT2D eigenvalue weighted by molar-refractivity contribution is 0.0247. The molecule has 5 heteroatoms. The van der Waals surface area contributed by atoms with Crippen LogP contribution in [0.25, 0.3) is 22.2 Å². The van der Waals surface area contributed by atoms with Crippen molar-refractivity contribution in [3.05, 3.63) is 119 Å². The molecule has 6 rings (SSSR count). The lowest BCUT2D eigenvalue weighted by atomic mass is 9.78. The minimum absolute atomic E-state index is 0.339. The van der Waals surface area contributed by atoms with E-state index in [1.165, 1.54) is 19.3 Å². The van der Waals surface area contributed by atoms with Crippen LogP contribution in [0.2, 0.25) is 0 Å². The normalized spacial score (nSPS) is 16.0. The first-order chi connectivity index (χ1) is 21.0. The smallest absolute Gasteiger partial charge is 0.341 e. The maximum Gasteiger partial charge on any atom is 0.341 e. The van der Waals surface area contributed by atoms with Gasteiger partial charge in [-0.25, -0.2) is 4.79 Å². The topological polar surface area (TPSA) is 47.4 Å². The highest BCUT2D eigenvalue weighted by Gasteiger charge is 2.53. The average molecular weight is 572 g/mol. The third kappa shape index (κ3) is 4.81. The number of anilines is 1. The predicted molar refractivity (Wildman–Crippen MR) is 176 cm³/mol. The number of pyridine rings is 1. The Morgan fingerprint density at radius 2 is 1.63 bits per heavy atom. The van der Waals surface area contributed by atoms with Crippen LogP contribution in [0.4, 0.5) is 5.69 Å². The third-order valence-electron chi connectivity index (χ3n) is 8.93. The molecule has 1 aliphatic heterocycles. The highest BCUT2D eigenvalue weighted by atomic mass is 16.6. The number of ether oxygens (including phenoxy) is 1. The molecule has 0 saturated carbocycles. The summed E-state index contributed by atoms with van der Waals surface area (Å²) in [7, 11) is 0. The summed E-state index contributed by atoms with van der Waals surface area (Å²) < 4.78 is 9.17. The molecule has 43 heavy (non-hydrogen) atoms. The number of para-hydroxylation sites is 1. The molecule has 3 heterocycles. The molecule has 0 amide bonds. The number of rotatable bonds is 11. The number of unbranched alkanes of at least 4 members (excludes halogenated alkanes) is 3. The monoisotopic (exact) mass is 571 g/mol. The molecule has 0 N–H and O–H groups in total. The molecule has 2 aromatic heterocycles. The molecular formula is C38H41N3O2. The summed E-state index contributed by atoms with van der Waals surface area (Å²) in [5.41, 5.74) is 7.44. The summed E-state index contributed by atoms with van der Waals surface area (Å²) >= 11 is 0. The maximum absolute atomic E-state index is 13.8. The molecule has 0 bridgehead atoms. The quantitative estimate of drug-likeness (QED) is 0.117. The van der Waals surface area contributed by atoms with Gasteiger partial charge in [0.25, 0.3) is 0 Å². The van der Waals surface area contributed by atoms with Gasteiger partial charge >= 0.3 is 5.97 Å². The maximum atomic E-state index is 13.8. The Bertz CT molecular complexity index is 1750. The van der Waals surface area contributed by atoms with Gasteiger partial charge in [-0.2, -0.15) is 0 Å². The van der Waals surface area contributed by atoms with E-state index in [0.29, 0.717) is 11.3 Å². The van der Waals surface area contributed by atoms with Gasteiger partial charge in [-0.15, -0.1) is 0 Å². The van der Waals surface area contributed by atoms with E-state index in [-0.39, 0.29) is 5.97 Å². The lowest BCUT2D eigenvalue weighted by Gasteiger charge is -2.32. The van der Waals surface area contributed by atoms with Crippen molar-refractivity contribution in [1.29, 1.82) is 0 Å². The summed E-state index contributed by atoms with van der Waals surface area (Å²) in [4.78, 5) is 21.0. The highest BCUT2D eigenvalue weighted by Crippen LogP contribution is 2.53. The third-order valence-corrected chi connectivity index (χ3v) is 8.93. The van der Waals surface area contributed by atoms with Gasteiger partial charge in [0.1, 0.15) is 5.69 Å². The van der Waals surface area contributed by atoms with Gasteiger partial charge in [-0.3, -0.25) is 4.98 Å². The zero-order chi connectivity index (χ0) is 30.0. The van der Waals surface area contributed by atoms with Gasteiger partial charge in [0.05, 0.1) is 11.3 Å². The number of hydrogen-bond donors (Lipinski definition) is 0. The Labute approximate surface area is 255 Å². The van der Waals surface area contributed by atoms with Crippen molar-refractivity contribution in [2.45, 2.75) is 65.5 Å². The van der Waals surface area contributed by atoms with Crippen LogP contribution in [0.15, 0.2) is 91.1 Å². The van der Waals surface area contributed by atoms with Gasteiger partial charge in [-0.05, 0) is 68.7 Å². The predicted octanol–water partition coefficient (Wildman–Crippen LogP) is 8.90. The number of esters is 1. The average Bonchev–Trinajstić information content (AvgIpc) is 3.53. The molecule has 5 nitrogen and oxygen atoms in total. The Morgan fingerprint density at radius 1 is 0.860 bits per heavy atom. The molecular weight excluding hydrogens is 530 g/mol. The van der Waals surface area contributed by atoms with E-state index in [1.54, 1.807) is 6.20 Å². The van der Waals surface area contributed by atoms with E-state index in [4.69, 9.17) is 9.72 Å². The van der Waals surface area contributed by atoms with Crippen molar-refractivity contribution in [1.82, 2.24) is 9.55 Å². The van der Waals surface area contributed by atoms with Crippen LogP contribution in [0.3, 0.4) is 0 Å². The summed E-state index contributed by atoms with van der Waals surface area (Å²) in [6.45, 7) is 11.4. The molecule has 0 fully saturated rings. The standard InChI is InChI=1S/C38H41N3O2/c1-5-8-9-15-25-41-33-21-14-13-19-30(33)34(35(41)28-17-11-10-12-18-28)38(36-31(37(42)43-38)20-16-24-39-36)32-23-22-29(26-27(32)4)40(6-2)7-3/h10-14,16-24,26H,5-9,15,25H2,1-4H3. The molecule has 0 saturated heterocycles. The molecule has 1 aliphatic rings. The SMILES string of the molecule is CCCCCCn1c(-c2ccccc2)c(C2(c3ccc(N(CC)CC)cc3C)OC(=O)c3cccnc32)c2ccccc21. The van der Waals surface area contributed by atoms with E-state index in [2.05, 4.69) is 110 Å². The lowest BCUT2D eigenvalue weighted by Crippen LogP contribution is -2.32. The van der Waals surface area contributed by atoms with E-state index in [9.17, 15) is 4.79 Å². The molecule has 1 unspecified atom stereocenters. The molecule has 3 aromatic carbocycles. The van der Waals surface area contributed by atoms with Crippen molar-refractivity contribution in [2.24, 2.45) is 0 Å². The first-order valence-electron chi connectivity index (χ1n) is 15.8. The highest BCUT2D eigenvalue weighted by molar-refractivity contribution is 6.00. The first kappa shape index (κ1) is 28.7. The largest absolute Gasteiger partial charge is 0.439 e. The second-order valence-electron chi connectivity index (χ2n) is 11.5. The van der Waals surface area contributed by atoms with Crippen LogP contribution in [0.1, 0.15) is 79.2 Å². The van der Waals surface area contributed by atoms with Gasteiger partial charge < -0.3 is 14.2 Å². The number of benzene rings is 3. The molecule has 0 aliphatic carbocycles. The number of cyclic esters (lactones) is 1. The Hall–Kier alpha value is -4.38. The Balaban J connectivity index is 1.71. The minimum Gasteiger partial charge on any atom is -0.439 e. The first-order valence-corrected chi connectivity index (χ1v) is 15.8. The molecule has 0 radical (unpaired) electrons. The zero-order valence-corrected chi connectivity index (χ0v) is 25.8. The van der Waals surface area contributed by atoms with Crippen molar-refractivity contribution in [3.63, 3.8) is 0 Å². The van der Waals surface area contributed by atoms with Crippen molar-refractivity contribution in [2.75, 3.05) is 18.0 Å².